The normalized spacial score (nSPS) is 18.5. The van der Waals surface area contributed by atoms with Gasteiger partial charge in [0.1, 0.15) is 0 Å². The predicted molar refractivity (Wildman–Crippen MR) is 63.0 cm³/mol. The molecule has 0 aliphatic heterocycles. The second kappa shape index (κ2) is 4.80. The topological polar surface area (TPSA) is 20.2 Å². The summed E-state index contributed by atoms with van der Waals surface area (Å²) in [6.07, 6.45) is 5.80. The lowest BCUT2D eigenvalue weighted by atomic mass is 9.80. The van der Waals surface area contributed by atoms with E-state index in [0.717, 1.165) is 18.8 Å². The third kappa shape index (κ3) is 2.82. The highest BCUT2D eigenvalue weighted by atomic mass is 16.3. The summed E-state index contributed by atoms with van der Waals surface area (Å²) in [4.78, 5) is 0. The molecule has 1 aromatic rings. The molecule has 2 rings (SSSR count). The van der Waals surface area contributed by atoms with Crippen LogP contribution in [0, 0.1) is 0 Å². The lowest BCUT2D eigenvalue weighted by molar-refractivity contribution is 0.185. The van der Waals surface area contributed by atoms with Crippen LogP contribution in [0.3, 0.4) is 0 Å². The Kier molecular flexibility index (Phi) is 3.42. The highest BCUT2D eigenvalue weighted by Gasteiger charge is 2.18. The number of aryl methyl sites for hydroxylation is 1. The van der Waals surface area contributed by atoms with E-state index in [1.807, 2.05) is 6.92 Å². The van der Waals surface area contributed by atoms with Crippen LogP contribution in [0.4, 0.5) is 0 Å². The van der Waals surface area contributed by atoms with Gasteiger partial charge in [0.25, 0.3) is 0 Å². The van der Waals surface area contributed by atoms with E-state index in [0.29, 0.717) is 0 Å². The van der Waals surface area contributed by atoms with Gasteiger partial charge < -0.3 is 5.11 Å². The van der Waals surface area contributed by atoms with Crippen molar-refractivity contribution in [2.45, 2.75) is 51.0 Å². The zero-order valence-electron chi connectivity index (χ0n) is 9.45. The summed E-state index contributed by atoms with van der Waals surface area (Å²) in [6, 6.07) is 8.97. The van der Waals surface area contributed by atoms with Crippen molar-refractivity contribution in [2.24, 2.45) is 0 Å². The van der Waals surface area contributed by atoms with Gasteiger partial charge in [-0.25, -0.2) is 0 Å². The standard InChI is InChI=1S/C14H20O/c1-11(15)5-6-12-7-9-14(10-8-12)13-3-2-4-13/h7-11,13,15H,2-6H2,1H3. The fraction of sp³-hybridized carbons (Fsp3) is 0.571. The van der Waals surface area contributed by atoms with Crippen molar-refractivity contribution in [3.63, 3.8) is 0 Å². The second-order valence-corrected chi connectivity index (χ2v) is 4.76. The summed E-state index contributed by atoms with van der Waals surface area (Å²) in [5, 5.41) is 9.20. The molecule has 1 unspecified atom stereocenters. The van der Waals surface area contributed by atoms with Crippen LogP contribution in [0.1, 0.15) is 49.7 Å². The van der Waals surface area contributed by atoms with Crippen LogP contribution in [-0.4, -0.2) is 11.2 Å². The summed E-state index contributed by atoms with van der Waals surface area (Å²) in [6.45, 7) is 1.85. The van der Waals surface area contributed by atoms with Gasteiger partial charge in [0.15, 0.2) is 0 Å². The number of benzene rings is 1. The fourth-order valence-electron chi connectivity index (χ4n) is 2.07. The van der Waals surface area contributed by atoms with Gasteiger partial charge in [-0.1, -0.05) is 30.7 Å². The van der Waals surface area contributed by atoms with Crippen LogP contribution < -0.4 is 0 Å². The maximum Gasteiger partial charge on any atom is 0.0515 e. The van der Waals surface area contributed by atoms with Crippen LogP contribution >= 0.6 is 0 Å². The molecule has 1 atom stereocenters. The first-order valence-corrected chi connectivity index (χ1v) is 6.02. The van der Waals surface area contributed by atoms with E-state index >= 15 is 0 Å². The van der Waals surface area contributed by atoms with E-state index in [2.05, 4.69) is 24.3 Å². The summed E-state index contributed by atoms with van der Waals surface area (Å²) in [5.41, 5.74) is 2.85. The minimum absolute atomic E-state index is 0.184. The van der Waals surface area contributed by atoms with Gasteiger partial charge in [-0.15, -0.1) is 0 Å². The Labute approximate surface area is 92.1 Å². The number of hydrogen-bond acceptors (Lipinski definition) is 1. The van der Waals surface area contributed by atoms with Gasteiger partial charge in [-0.2, -0.15) is 0 Å². The third-order valence-corrected chi connectivity index (χ3v) is 3.41. The Morgan fingerprint density at radius 3 is 2.40 bits per heavy atom. The van der Waals surface area contributed by atoms with E-state index in [9.17, 15) is 5.11 Å². The zero-order chi connectivity index (χ0) is 10.7. The molecule has 1 saturated carbocycles. The average Bonchev–Trinajstić information content (AvgIpc) is 2.14. The zero-order valence-corrected chi connectivity index (χ0v) is 9.45. The minimum atomic E-state index is -0.184. The SMILES string of the molecule is CC(O)CCc1ccc(C2CCC2)cc1. The molecule has 1 heteroatoms. The van der Waals surface area contributed by atoms with Crippen molar-refractivity contribution in [1.82, 2.24) is 0 Å². The molecule has 0 heterocycles. The highest BCUT2D eigenvalue weighted by Crippen LogP contribution is 2.36. The molecule has 0 saturated heterocycles. The maximum absolute atomic E-state index is 9.20. The monoisotopic (exact) mass is 204 g/mol. The predicted octanol–water partition coefficient (Wildman–Crippen LogP) is 3.27. The Morgan fingerprint density at radius 1 is 1.27 bits per heavy atom. The van der Waals surface area contributed by atoms with Crippen molar-refractivity contribution in [2.75, 3.05) is 0 Å². The number of hydrogen-bond donors (Lipinski definition) is 1. The van der Waals surface area contributed by atoms with Crippen LogP contribution in [-0.2, 0) is 6.42 Å². The maximum atomic E-state index is 9.20. The molecule has 15 heavy (non-hydrogen) atoms. The van der Waals surface area contributed by atoms with Gasteiger partial charge in [0.05, 0.1) is 6.10 Å². The van der Waals surface area contributed by atoms with Crippen molar-refractivity contribution < 1.29 is 5.11 Å². The largest absolute Gasteiger partial charge is 0.393 e. The summed E-state index contributed by atoms with van der Waals surface area (Å²) in [5.74, 6) is 0.829. The number of rotatable bonds is 4. The molecule has 1 aromatic carbocycles. The van der Waals surface area contributed by atoms with E-state index in [1.54, 1.807) is 0 Å². The molecule has 1 aliphatic carbocycles. The van der Waals surface area contributed by atoms with Crippen LogP contribution in [0.5, 0.6) is 0 Å². The quantitative estimate of drug-likeness (QED) is 0.798. The molecule has 0 aromatic heterocycles. The van der Waals surface area contributed by atoms with Gasteiger partial charge in [-0.3, -0.25) is 0 Å². The van der Waals surface area contributed by atoms with Crippen LogP contribution in [0.25, 0.3) is 0 Å². The molecule has 1 nitrogen and oxygen atoms in total. The molecule has 1 aliphatic rings. The van der Waals surface area contributed by atoms with Crippen molar-refractivity contribution >= 4 is 0 Å². The molecular formula is C14H20O. The smallest absolute Gasteiger partial charge is 0.0515 e. The fourth-order valence-corrected chi connectivity index (χ4v) is 2.07. The molecule has 0 radical (unpaired) electrons. The highest BCUT2D eigenvalue weighted by molar-refractivity contribution is 5.26. The van der Waals surface area contributed by atoms with E-state index in [-0.39, 0.29) is 6.10 Å². The number of aliphatic hydroxyl groups is 1. The lowest BCUT2D eigenvalue weighted by Gasteiger charge is -2.25. The molecule has 0 amide bonds. The van der Waals surface area contributed by atoms with E-state index in [1.165, 1.54) is 30.4 Å². The van der Waals surface area contributed by atoms with Crippen LogP contribution in [0.15, 0.2) is 24.3 Å². The van der Waals surface area contributed by atoms with Gasteiger partial charge in [-0.05, 0) is 49.7 Å². The molecule has 0 bridgehead atoms. The van der Waals surface area contributed by atoms with Crippen molar-refractivity contribution in [3.8, 4) is 0 Å². The van der Waals surface area contributed by atoms with E-state index < -0.39 is 0 Å². The van der Waals surface area contributed by atoms with Crippen LogP contribution in [0.2, 0.25) is 0 Å². The summed E-state index contributed by atoms with van der Waals surface area (Å²) < 4.78 is 0. The second-order valence-electron chi connectivity index (χ2n) is 4.76. The Morgan fingerprint density at radius 2 is 1.93 bits per heavy atom. The minimum Gasteiger partial charge on any atom is -0.393 e. The molecule has 1 N–H and O–H groups in total. The first-order chi connectivity index (χ1) is 7.25. The van der Waals surface area contributed by atoms with Gasteiger partial charge in [0.2, 0.25) is 0 Å². The number of aliphatic hydroxyl groups excluding tert-OH is 1. The Hall–Kier alpha value is -0.820. The average molecular weight is 204 g/mol. The van der Waals surface area contributed by atoms with Gasteiger partial charge >= 0.3 is 0 Å². The first-order valence-electron chi connectivity index (χ1n) is 6.02. The Bertz CT molecular complexity index is 296. The molecule has 82 valence electrons. The molecule has 1 fully saturated rings. The lowest BCUT2D eigenvalue weighted by Crippen LogP contribution is -2.08. The third-order valence-electron chi connectivity index (χ3n) is 3.41. The van der Waals surface area contributed by atoms with Crippen molar-refractivity contribution in [1.29, 1.82) is 0 Å². The molecule has 0 spiro atoms. The molecular weight excluding hydrogens is 184 g/mol. The van der Waals surface area contributed by atoms with Crippen molar-refractivity contribution in [3.05, 3.63) is 35.4 Å². The van der Waals surface area contributed by atoms with E-state index in [4.69, 9.17) is 0 Å². The summed E-state index contributed by atoms with van der Waals surface area (Å²) in [7, 11) is 0. The Balaban J connectivity index is 1.91. The first kappa shape index (κ1) is 10.7. The van der Waals surface area contributed by atoms with Gasteiger partial charge in [0, 0.05) is 0 Å². The summed E-state index contributed by atoms with van der Waals surface area (Å²) >= 11 is 0.